The highest BCUT2D eigenvalue weighted by atomic mass is 16.3. The molecule has 0 atom stereocenters. The van der Waals surface area contributed by atoms with Crippen LogP contribution in [0.3, 0.4) is 0 Å². The zero-order chi connectivity index (χ0) is 12.8. The summed E-state index contributed by atoms with van der Waals surface area (Å²) < 4.78 is 6.85. The van der Waals surface area contributed by atoms with E-state index in [9.17, 15) is 4.79 Å². The summed E-state index contributed by atoms with van der Waals surface area (Å²) in [6.45, 7) is 0. The van der Waals surface area contributed by atoms with E-state index in [2.05, 4.69) is 9.97 Å². The molecule has 0 radical (unpaired) electrons. The maximum Gasteiger partial charge on any atom is 0.260 e. The SMILES string of the molecule is O=c1cc(-c2ccco2)[nH]c2nc3ccccc3n12. The number of benzene rings is 1. The first-order valence-electron chi connectivity index (χ1n) is 5.87. The first-order valence-corrected chi connectivity index (χ1v) is 5.87. The molecular weight excluding hydrogens is 242 g/mol. The average Bonchev–Trinajstić information content (AvgIpc) is 3.05. The Morgan fingerprint density at radius 2 is 2.05 bits per heavy atom. The van der Waals surface area contributed by atoms with Crippen LogP contribution in [-0.2, 0) is 0 Å². The van der Waals surface area contributed by atoms with Gasteiger partial charge in [0.1, 0.15) is 5.76 Å². The Hall–Kier alpha value is -2.82. The molecule has 0 bridgehead atoms. The Kier molecular flexibility index (Phi) is 1.91. The third-order valence-electron chi connectivity index (χ3n) is 3.08. The van der Waals surface area contributed by atoms with Gasteiger partial charge in [-0.25, -0.2) is 9.38 Å². The fourth-order valence-corrected chi connectivity index (χ4v) is 2.24. The highest BCUT2D eigenvalue weighted by molar-refractivity contribution is 5.79. The average molecular weight is 251 g/mol. The molecule has 0 unspecified atom stereocenters. The number of imidazole rings is 1. The Morgan fingerprint density at radius 3 is 2.89 bits per heavy atom. The van der Waals surface area contributed by atoms with Crippen molar-refractivity contribution in [3.05, 3.63) is 59.1 Å². The van der Waals surface area contributed by atoms with Crippen LogP contribution in [0, 0.1) is 0 Å². The third-order valence-corrected chi connectivity index (χ3v) is 3.08. The van der Waals surface area contributed by atoms with E-state index in [1.54, 1.807) is 22.8 Å². The lowest BCUT2D eigenvalue weighted by Gasteiger charge is -1.99. The Bertz CT molecular complexity index is 932. The van der Waals surface area contributed by atoms with Gasteiger partial charge >= 0.3 is 0 Å². The number of para-hydroxylation sites is 2. The molecule has 4 aromatic rings. The van der Waals surface area contributed by atoms with E-state index in [1.165, 1.54) is 6.07 Å². The molecule has 1 N–H and O–H groups in total. The molecule has 0 fully saturated rings. The van der Waals surface area contributed by atoms with Crippen LogP contribution in [0.5, 0.6) is 0 Å². The van der Waals surface area contributed by atoms with Gasteiger partial charge in [-0.15, -0.1) is 0 Å². The van der Waals surface area contributed by atoms with Crippen LogP contribution in [0.15, 0.2) is 57.9 Å². The summed E-state index contributed by atoms with van der Waals surface area (Å²) in [5, 5.41) is 0. The number of hydrogen-bond donors (Lipinski definition) is 1. The van der Waals surface area contributed by atoms with Crippen LogP contribution in [0.25, 0.3) is 28.3 Å². The van der Waals surface area contributed by atoms with Gasteiger partial charge in [0.15, 0.2) is 0 Å². The minimum Gasteiger partial charge on any atom is -0.463 e. The van der Waals surface area contributed by atoms with Crippen LogP contribution in [0.1, 0.15) is 0 Å². The fraction of sp³-hybridized carbons (Fsp3) is 0. The van der Waals surface area contributed by atoms with Crippen molar-refractivity contribution in [2.75, 3.05) is 0 Å². The van der Waals surface area contributed by atoms with Gasteiger partial charge in [0.2, 0.25) is 5.78 Å². The van der Waals surface area contributed by atoms with Crippen molar-refractivity contribution in [2.45, 2.75) is 0 Å². The zero-order valence-electron chi connectivity index (χ0n) is 9.83. The van der Waals surface area contributed by atoms with Crippen molar-refractivity contribution in [1.82, 2.24) is 14.4 Å². The van der Waals surface area contributed by atoms with Gasteiger partial charge in [0.25, 0.3) is 5.56 Å². The lowest BCUT2D eigenvalue weighted by atomic mass is 10.3. The molecule has 0 spiro atoms. The molecule has 0 aliphatic heterocycles. The number of aromatic nitrogens is 3. The summed E-state index contributed by atoms with van der Waals surface area (Å²) >= 11 is 0. The van der Waals surface area contributed by atoms with E-state index < -0.39 is 0 Å². The number of rotatable bonds is 1. The van der Waals surface area contributed by atoms with Crippen molar-refractivity contribution in [3.63, 3.8) is 0 Å². The Morgan fingerprint density at radius 1 is 1.16 bits per heavy atom. The number of hydrogen-bond acceptors (Lipinski definition) is 3. The normalized spacial score (nSPS) is 11.4. The van der Waals surface area contributed by atoms with E-state index in [0.29, 0.717) is 17.2 Å². The van der Waals surface area contributed by atoms with Crippen molar-refractivity contribution >= 4 is 16.8 Å². The molecule has 92 valence electrons. The molecule has 0 saturated carbocycles. The molecule has 3 heterocycles. The smallest absolute Gasteiger partial charge is 0.260 e. The molecule has 0 saturated heterocycles. The summed E-state index contributed by atoms with van der Waals surface area (Å²) in [7, 11) is 0. The molecule has 1 aromatic carbocycles. The summed E-state index contributed by atoms with van der Waals surface area (Å²) in [4.78, 5) is 19.8. The summed E-state index contributed by atoms with van der Waals surface area (Å²) in [6, 6.07) is 12.6. The Labute approximate surface area is 107 Å². The Balaban J connectivity index is 2.13. The minimum atomic E-state index is -0.131. The van der Waals surface area contributed by atoms with Crippen LogP contribution in [-0.4, -0.2) is 14.4 Å². The quantitative estimate of drug-likeness (QED) is 0.565. The first kappa shape index (κ1) is 10.1. The second-order valence-corrected chi connectivity index (χ2v) is 4.26. The highest BCUT2D eigenvalue weighted by Crippen LogP contribution is 2.18. The summed E-state index contributed by atoms with van der Waals surface area (Å²) in [6.07, 6.45) is 1.57. The number of furan rings is 1. The van der Waals surface area contributed by atoms with Crippen molar-refractivity contribution in [3.8, 4) is 11.5 Å². The standard InChI is InChI=1S/C14H9N3O2/c18-13-8-10(12-6-3-7-19-12)16-14-15-9-4-1-2-5-11(9)17(13)14/h1-8H,(H,15,16). The van der Waals surface area contributed by atoms with Crippen LogP contribution in [0.2, 0.25) is 0 Å². The van der Waals surface area contributed by atoms with Crippen molar-refractivity contribution in [2.24, 2.45) is 0 Å². The van der Waals surface area contributed by atoms with E-state index >= 15 is 0 Å². The number of nitrogens with one attached hydrogen (secondary N) is 1. The maximum absolute atomic E-state index is 12.2. The highest BCUT2D eigenvalue weighted by Gasteiger charge is 2.10. The van der Waals surface area contributed by atoms with Crippen LogP contribution in [0.4, 0.5) is 0 Å². The molecule has 5 heteroatoms. The van der Waals surface area contributed by atoms with Crippen LogP contribution < -0.4 is 5.56 Å². The van der Waals surface area contributed by atoms with Gasteiger partial charge in [-0.3, -0.25) is 4.79 Å². The van der Waals surface area contributed by atoms with E-state index in [1.807, 2.05) is 24.3 Å². The van der Waals surface area contributed by atoms with Crippen molar-refractivity contribution < 1.29 is 4.42 Å². The maximum atomic E-state index is 12.2. The summed E-state index contributed by atoms with van der Waals surface area (Å²) in [5.41, 5.74) is 2.07. The molecular formula is C14H9N3O2. The monoisotopic (exact) mass is 251 g/mol. The van der Waals surface area contributed by atoms with Gasteiger partial charge in [-0.1, -0.05) is 12.1 Å². The topological polar surface area (TPSA) is 63.3 Å². The predicted molar refractivity (Wildman–Crippen MR) is 71.0 cm³/mol. The van der Waals surface area contributed by atoms with Gasteiger partial charge < -0.3 is 9.40 Å². The van der Waals surface area contributed by atoms with E-state index in [0.717, 1.165) is 11.0 Å². The second kappa shape index (κ2) is 3.58. The number of nitrogens with zero attached hydrogens (tertiary/aromatic N) is 2. The predicted octanol–water partition coefficient (Wildman–Crippen LogP) is 2.44. The number of H-pyrrole nitrogens is 1. The largest absolute Gasteiger partial charge is 0.463 e. The molecule has 0 aliphatic carbocycles. The van der Waals surface area contributed by atoms with Gasteiger partial charge in [-0.2, -0.15) is 0 Å². The third kappa shape index (κ3) is 1.41. The lowest BCUT2D eigenvalue weighted by Crippen LogP contribution is -2.12. The fourth-order valence-electron chi connectivity index (χ4n) is 2.24. The van der Waals surface area contributed by atoms with Gasteiger partial charge in [0, 0.05) is 6.07 Å². The lowest BCUT2D eigenvalue weighted by molar-refractivity contribution is 0.580. The minimum absolute atomic E-state index is 0.131. The van der Waals surface area contributed by atoms with Crippen molar-refractivity contribution in [1.29, 1.82) is 0 Å². The summed E-state index contributed by atoms with van der Waals surface area (Å²) in [5.74, 6) is 1.13. The molecule has 4 rings (SSSR count). The molecule has 0 amide bonds. The van der Waals surface area contributed by atoms with E-state index in [-0.39, 0.29) is 5.56 Å². The molecule has 3 aromatic heterocycles. The van der Waals surface area contributed by atoms with E-state index in [4.69, 9.17) is 4.42 Å². The molecule has 19 heavy (non-hydrogen) atoms. The van der Waals surface area contributed by atoms with Gasteiger partial charge in [0.05, 0.1) is 23.0 Å². The first-order chi connectivity index (χ1) is 9.33. The zero-order valence-corrected chi connectivity index (χ0v) is 9.83. The number of fused-ring (bicyclic) bond motifs is 3. The molecule has 0 aliphatic rings. The number of aromatic amines is 1. The van der Waals surface area contributed by atoms with Gasteiger partial charge in [-0.05, 0) is 24.3 Å². The van der Waals surface area contributed by atoms with Crippen LogP contribution >= 0.6 is 0 Å². The second-order valence-electron chi connectivity index (χ2n) is 4.26. The molecule has 5 nitrogen and oxygen atoms in total.